The monoisotopic (exact) mass is 758 g/mol. The molecule has 0 aromatic carbocycles. The van der Waals surface area contributed by atoms with Crippen LogP contribution in [-0.2, 0) is 14.4 Å². The van der Waals surface area contributed by atoms with Crippen molar-refractivity contribution in [2.45, 2.75) is 125 Å². The standard InChI is InChI=1S/3C11H20O2.Bi/c3*1-10(2,3)8(12)7-9(13)11(4,5)6;/h3*7,12H,1-6H3;/q;;;+3/p-3/b3*8-7+;. The first-order chi connectivity index (χ1) is 16.6. The van der Waals surface area contributed by atoms with Gasteiger partial charge in [0.2, 0.25) is 0 Å². The molecule has 230 valence electrons. The Balaban J connectivity index is -0.000000240. The summed E-state index contributed by atoms with van der Waals surface area (Å²) in [4.78, 5) is 34.3. The van der Waals surface area contributed by atoms with Gasteiger partial charge in [0.25, 0.3) is 0 Å². The van der Waals surface area contributed by atoms with E-state index in [0.29, 0.717) is 0 Å². The van der Waals surface area contributed by atoms with Crippen molar-refractivity contribution >= 4 is 43.6 Å². The molecule has 0 rings (SSSR count). The Hall–Kier alpha value is -1.49. The Bertz CT molecular complexity index is 801. The van der Waals surface area contributed by atoms with Crippen molar-refractivity contribution < 1.29 is 29.7 Å². The SMILES string of the molecule is CC(C)(C)C(=O)/C=C(/[O-])C(C)(C)C.CC(C)(C)C(=O)/C=C(/[O-])C(C)(C)C.CC(C)(C)C(=O)/C=C(/[O-])C(C)(C)C.[Bi+3]. The Morgan fingerprint density at radius 2 is 0.475 bits per heavy atom. The summed E-state index contributed by atoms with van der Waals surface area (Å²) in [6, 6.07) is 0. The molecular weight excluding hydrogens is 701 g/mol. The average Bonchev–Trinajstić information content (AvgIpc) is 2.64. The van der Waals surface area contributed by atoms with E-state index in [-0.39, 0.29) is 60.8 Å². The van der Waals surface area contributed by atoms with Crippen LogP contribution >= 0.6 is 0 Å². The van der Waals surface area contributed by atoms with E-state index < -0.39 is 32.5 Å². The van der Waals surface area contributed by atoms with Gasteiger partial charge in [-0.3, -0.25) is 14.4 Å². The van der Waals surface area contributed by atoms with Crippen LogP contribution in [0, 0.1) is 32.5 Å². The van der Waals surface area contributed by atoms with Crippen LogP contribution in [0.25, 0.3) is 0 Å². The van der Waals surface area contributed by atoms with Crippen molar-refractivity contribution in [3.8, 4) is 0 Å². The van der Waals surface area contributed by atoms with Gasteiger partial charge in [0, 0.05) is 16.2 Å². The van der Waals surface area contributed by atoms with Crippen molar-refractivity contribution in [2.75, 3.05) is 0 Å². The number of rotatable bonds is 3. The van der Waals surface area contributed by atoms with Crippen LogP contribution in [0.15, 0.2) is 35.5 Å². The van der Waals surface area contributed by atoms with Crippen LogP contribution in [-0.4, -0.2) is 43.6 Å². The minimum atomic E-state index is -0.457. The van der Waals surface area contributed by atoms with E-state index in [1.165, 1.54) is 18.2 Å². The van der Waals surface area contributed by atoms with Gasteiger partial charge in [0.1, 0.15) is 0 Å². The summed E-state index contributed by atoms with van der Waals surface area (Å²) in [7, 11) is 0. The topological polar surface area (TPSA) is 120 Å². The van der Waals surface area contributed by atoms with Gasteiger partial charge < -0.3 is 15.3 Å². The Labute approximate surface area is 264 Å². The van der Waals surface area contributed by atoms with Gasteiger partial charge in [-0.15, -0.1) is 17.3 Å². The van der Waals surface area contributed by atoms with Crippen LogP contribution in [0.1, 0.15) is 125 Å². The van der Waals surface area contributed by atoms with Crippen LogP contribution < -0.4 is 15.3 Å². The maximum Gasteiger partial charge on any atom is 3.00 e. The molecule has 40 heavy (non-hydrogen) atoms. The molecule has 0 bridgehead atoms. The molecule has 0 aliphatic heterocycles. The molecular formula is C33H57BiO6. The van der Waals surface area contributed by atoms with Gasteiger partial charge >= 0.3 is 26.2 Å². The minimum Gasteiger partial charge on any atom is -0.875 e. The summed E-state index contributed by atoms with van der Waals surface area (Å²) in [5.41, 5.74) is -2.74. The molecule has 0 saturated heterocycles. The van der Waals surface area contributed by atoms with Crippen molar-refractivity contribution in [1.29, 1.82) is 0 Å². The molecule has 0 fully saturated rings. The predicted octanol–water partition coefficient (Wildman–Crippen LogP) is 5.29. The molecule has 0 atom stereocenters. The molecule has 0 N–H and O–H groups in total. The van der Waals surface area contributed by atoms with E-state index in [2.05, 4.69) is 0 Å². The second-order valence-corrected chi connectivity index (χ2v) is 16.1. The largest absolute Gasteiger partial charge is 3.00 e. The fourth-order valence-corrected chi connectivity index (χ4v) is 1.66. The zero-order chi connectivity index (χ0) is 32.6. The van der Waals surface area contributed by atoms with Crippen LogP contribution in [0.4, 0.5) is 0 Å². The van der Waals surface area contributed by atoms with Gasteiger partial charge in [0.05, 0.1) is 0 Å². The number of carbonyl (C=O) groups excluding carboxylic acids is 3. The third-order valence-electron chi connectivity index (χ3n) is 5.22. The Morgan fingerprint density at radius 1 is 0.350 bits per heavy atom. The van der Waals surface area contributed by atoms with E-state index in [4.69, 9.17) is 0 Å². The van der Waals surface area contributed by atoms with Crippen LogP contribution in [0.3, 0.4) is 0 Å². The first-order valence-electron chi connectivity index (χ1n) is 13.5. The zero-order valence-electron chi connectivity index (χ0n) is 28.6. The van der Waals surface area contributed by atoms with Crippen molar-refractivity contribution in [1.82, 2.24) is 0 Å². The molecule has 0 aliphatic rings. The predicted molar refractivity (Wildman–Crippen MR) is 162 cm³/mol. The van der Waals surface area contributed by atoms with Gasteiger partial charge in [-0.1, -0.05) is 125 Å². The summed E-state index contributed by atoms with van der Waals surface area (Å²) >= 11 is 0. The molecule has 0 heterocycles. The van der Waals surface area contributed by atoms with Crippen molar-refractivity contribution in [3.63, 3.8) is 0 Å². The van der Waals surface area contributed by atoms with Crippen LogP contribution in [0.2, 0.25) is 0 Å². The number of carbonyl (C=O) groups is 3. The summed E-state index contributed by atoms with van der Waals surface area (Å²) in [5, 5.41) is 34.3. The molecule has 0 aromatic rings. The molecule has 0 spiro atoms. The fourth-order valence-electron chi connectivity index (χ4n) is 1.66. The quantitative estimate of drug-likeness (QED) is 0.219. The normalized spacial score (nSPS) is 14.1. The van der Waals surface area contributed by atoms with Crippen molar-refractivity contribution in [3.05, 3.63) is 35.5 Å². The number of allylic oxidation sites excluding steroid dienone is 6. The first kappa shape index (κ1) is 45.5. The number of ketones is 3. The van der Waals surface area contributed by atoms with Gasteiger partial charge in [-0.25, -0.2) is 0 Å². The van der Waals surface area contributed by atoms with E-state index in [1.54, 1.807) is 0 Å². The third-order valence-corrected chi connectivity index (χ3v) is 5.22. The average molecular weight is 759 g/mol. The summed E-state index contributed by atoms with van der Waals surface area (Å²) in [5.74, 6) is -0.625. The Morgan fingerprint density at radius 3 is 0.550 bits per heavy atom. The minimum absolute atomic E-state index is 0. The smallest absolute Gasteiger partial charge is 0.875 e. The van der Waals surface area contributed by atoms with E-state index in [0.717, 1.165) is 0 Å². The summed E-state index contributed by atoms with van der Waals surface area (Å²) in [6.45, 7) is 32.5. The maximum atomic E-state index is 11.4. The van der Waals surface area contributed by atoms with Gasteiger partial charge in [-0.2, -0.15) is 0 Å². The van der Waals surface area contributed by atoms with E-state index in [9.17, 15) is 29.7 Å². The number of hydrogen-bond donors (Lipinski definition) is 0. The van der Waals surface area contributed by atoms with Gasteiger partial charge in [-0.05, 0) is 34.5 Å². The molecule has 0 amide bonds. The molecule has 0 aromatic heterocycles. The molecule has 6 nitrogen and oxygen atoms in total. The molecule has 7 heteroatoms. The second kappa shape index (κ2) is 16.2. The molecule has 0 unspecified atom stereocenters. The summed E-state index contributed by atoms with van der Waals surface area (Å²) < 4.78 is 0. The Kier molecular flexibility index (Phi) is 18.5. The molecule has 0 saturated carbocycles. The van der Waals surface area contributed by atoms with Gasteiger partial charge in [0.15, 0.2) is 17.3 Å². The molecule has 2 radical (unpaired) electrons. The van der Waals surface area contributed by atoms with Crippen LogP contribution in [0.5, 0.6) is 0 Å². The molecule has 0 aliphatic carbocycles. The van der Waals surface area contributed by atoms with Crippen molar-refractivity contribution in [2.24, 2.45) is 32.5 Å². The third kappa shape index (κ3) is 21.3. The second-order valence-electron chi connectivity index (χ2n) is 16.1. The number of hydrogen-bond acceptors (Lipinski definition) is 6. The maximum absolute atomic E-state index is 11.4. The first-order valence-corrected chi connectivity index (χ1v) is 13.5. The van der Waals surface area contributed by atoms with E-state index in [1.807, 2.05) is 125 Å². The van der Waals surface area contributed by atoms with E-state index >= 15 is 0 Å². The zero-order valence-corrected chi connectivity index (χ0v) is 32.1. The fraction of sp³-hybridized carbons (Fsp3) is 0.727. The summed E-state index contributed by atoms with van der Waals surface area (Å²) in [6.07, 6.45) is 3.67.